The van der Waals surface area contributed by atoms with Crippen LogP contribution < -0.4 is 5.32 Å². The first-order valence-electron chi connectivity index (χ1n) is 5.73. The summed E-state index contributed by atoms with van der Waals surface area (Å²) in [6, 6.07) is 5.02. The molecule has 0 unspecified atom stereocenters. The average Bonchev–Trinajstić information content (AvgIpc) is 2.60. The van der Waals surface area contributed by atoms with Crippen molar-refractivity contribution in [2.75, 3.05) is 19.6 Å². The Hall–Kier alpha value is -0.380. The predicted octanol–water partition coefficient (Wildman–Crippen LogP) is 2.18. The molecular weight excluding hydrogens is 204 g/mol. The monoisotopic (exact) mass is 224 g/mol. The molecule has 2 heterocycles. The van der Waals surface area contributed by atoms with E-state index in [0.717, 1.165) is 12.5 Å². The lowest BCUT2D eigenvalue weighted by Gasteiger charge is -2.35. The van der Waals surface area contributed by atoms with Gasteiger partial charge < -0.3 is 5.32 Å². The lowest BCUT2D eigenvalue weighted by atomic mass is 10.0. The molecule has 3 heteroatoms. The summed E-state index contributed by atoms with van der Waals surface area (Å²) in [7, 11) is 0. The van der Waals surface area contributed by atoms with Crippen LogP contribution in [0.15, 0.2) is 17.5 Å². The molecule has 1 aromatic rings. The quantitative estimate of drug-likeness (QED) is 0.824. The zero-order valence-electron chi connectivity index (χ0n) is 9.57. The van der Waals surface area contributed by atoms with Gasteiger partial charge in [-0.15, -0.1) is 11.3 Å². The van der Waals surface area contributed by atoms with Gasteiger partial charge in [0.1, 0.15) is 0 Å². The topological polar surface area (TPSA) is 15.3 Å². The molecule has 0 bridgehead atoms. The number of thiophene rings is 1. The molecule has 1 aliphatic heterocycles. The smallest absolute Gasteiger partial charge is 0.0330 e. The molecule has 15 heavy (non-hydrogen) atoms. The van der Waals surface area contributed by atoms with E-state index >= 15 is 0 Å². The van der Waals surface area contributed by atoms with Gasteiger partial charge in [-0.1, -0.05) is 6.07 Å². The fraction of sp³-hybridized carbons (Fsp3) is 0.667. The average molecular weight is 224 g/mol. The van der Waals surface area contributed by atoms with Crippen LogP contribution in [0.25, 0.3) is 0 Å². The second kappa shape index (κ2) is 5.10. The van der Waals surface area contributed by atoms with Gasteiger partial charge in [-0.25, -0.2) is 0 Å². The van der Waals surface area contributed by atoms with E-state index in [4.69, 9.17) is 0 Å². The number of nitrogens with zero attached hydrogens (tertiary/aromatic N) is 1. The fourth-order valence-electron chi connectivity index (χ4n) is 1.87. The van der Waals surface area contributed by atoms with Gasteiger partial charge in [0.15, 0.2) is 0 Å². The van der Waals surface area contributed by atoms with Crippen molar-refractivity contribution in [1.82, 2.24) is 10.2 Å². The first kappa shape index (κ1) is 11.1. The third-order valence-electron chi connectivity index (χ3n) is 3.03. The molecule has 1 N–H and O–H groups in total. The van der Waals surface area contributed by atoms with Gasteiger partial charge in [0.05, 0.1) is 0 Å². The Kier molecular flexibility index (Phi) is 3.78. The molecule has 0 aliphatic carbocycles. The lowest BCUT2D eigenvalue weighted by Crippen LogP contribution is -2.49. The maximum absolute atomic E-state index is 3.34. The highest BCUT2D eigenvalue weighted by Crippen LogP contribution is 2.16. The normalized spacial score (nSPS) is 17.3. The molecule has 84 valence electrons. The summed E-state index contributed by atoms with van der Waals surface area (Å²) >= 11 is 1.86. The molecular formula is C12H20N2S. The molecule has 2 nitrogen and oxygen atoms in total. The summed E-state index contributed by atoms with van der Waals surface area (Å²) in [4.78, 5) is 4.06. The van der Waals surface area contributed by atoms with Gasteiger partial charge in [-0.05, 0) is 31.2 Å². The molecule has 0 amide bonds. The van der Waals surface area contributed by atoms with Crippen LogP contribution in [0.5, 0.6) is 0 Å². The largest absolute Gasteiger partial charge is 0.316 e. The Morgan fingerprint density at radius 1 is 1.53 bits per heavy atom. The first-order valence-corrected chi connectivity index (χ1v) is 6.61. The second-order valence-electron chi connectivity index (χ2n) is 4.63. The molecule has 0 aromatic carbocycles. The van der Waals surface area contributed by atoms with E-state index in [1.54, 1.807) is 0 Å². The van der Waals surface area contributed by atoms with Crippen LogP contribution in [0.4, 0.5) is 0 Å². The molecule has 1 fully saturated rings. The Bertz CT molecular complexity index is 278. The van der Waals surface area contributed by atoms with Gasteiger partial charge >= 0.3 is 0 Å². The Labute approximate surface area is 96.3 Å². The maximum Gasteiger partial charge on any atom is 0.0330 e. The van der Waals surface area contributed by atoms with Crippen molar-refractivity contribution in [3.05, 3.63) is 22.4 Å². The minimum atomic E-state index is 0.646. The molecule has 1 saturated heterocycles. The molecule has 0 radical (unpaired) electrons. The molecule has 0 spiro atoms. The Balaban J connectivity index is 1.87. The number of nitrogens with one attached hydrogen (secondary N) is 1. The van der Waals surface area contributed by atoms with Crippen molar-refractivity contribution >= 4 is 11.3 Å². The number of hydrogen-bond donors (Lipinski definition) is 1. The predicted molar refractivity (Wildman–Crippen MR) is 66.2 cm³/mol. The SMILES string of the molecule is CC(C)N(Cc1cccs1)CC1CNC1. The Morgan fingerprint density at radius 2 is 2.33 bits per heavy atom. The van der Waals surface area contributed by atoms with Crippen LogP contribution in [0.3, 0.4) is 0 Å². The summed E-state index contributed by atoms with van der Waals surface area (Å²) in [6.45, 7) is 9.34. The summed E-state index contributed by atoms with van der Waals surface area (Å²) in [5, 5.41) is 5.51. The fourth-order valence-corrected chi connectivity index (χ4v) is 2.60. The van der Waals surface area contributed by atoms with Crippen molar-refractivity contribution in [3.8, 4) is 0 Å². The molecule has 0 atom stereocenters. The molecule has 1 aromatic heterocycles. The third kappa shape index (κ3) is 3.03. The van der Waals surface area contributed by atoms with E-state index in [-0.39, 0.29) is 0 Å². The first-order chi connectivity index (χ1) is 7.25. The van der Waals surface area contributed by atoms with Crippen LogP contribution in [0.2, 0.25) is 0 Å². The standard InChI is InChI=1S/C12H20N2S/c1-10(2)14(8-11-6-13-7-11)9-12-4-3-5-15-12/h3-5,10-11,13H,6-9H2,1-2H3. The zero-order valence-corrected chi connectivity index (χ0v) is 10.4. The van der Waals surface area contributed by atoms with Gasteiger partial charge in [-0.2, -0.15) is 0 Å². The molecule has 1 aliphatic rings. The molecule has 2 rings (SSSR count). The van der Waals surface area contributed by atoms with Crippen molar-refractivity contribution in [3.63, 3.8) is 0 Å². The minimum absolute atomic E-state index is 0.646. The van der Waals surface area contributed by atoms with Crippen LogP contribution >= 0.6 is 11.3 Å². The zero-order chi connectivity index (χ0) is 10.7. The van der Waals surface area contributed by atoms with E-state index in [1.165, 1.54) is 24.5 Å². The van der Waals surface area contributed by atoms with E-state index in [1.807, 2.05) is 11.3 Å². The highest BCUT2D eigenvalue weighted by Gasteiger charge is 2.21. The van der Waals surface area contributed by atoms with Gasteiger partial charge in [-0.3, -0.25) is 4.90 Å². The highest BCUT2D eigenvalue weighted by molar-refractivity contribution is 7.09. The lowest BCUT2D eigenvalue weighted by molar-refractivity contribution is 0.153. The number of hydrogen-bond acceptors (Lipinski definition) is 3. The summed E-state index contributed by atoms with van der Waals surface area (Å²) < 4.78 is 0. The third-order valence-corrected chi connectivity index (χ3v) is 3.89. The number of rotatable bonds is 5. The van der Waals surface area contributed by atoms with E-state index < -0.39 is 0 Å². The van der Waals surface area contributed by atoms with Crippen molar-refractivity contribution in [2.24, 2.45) is 5.92 Å². The Morgan fingerprint density at radius 3 is 2.80 bits per heavy atom. The van der Waals surface area contributed by atoms with Crippen molar-refractivity contribution in [2.45, 2.75) is 26.4 Å². The van der Waals surface area contributed by atoms with Crippen LogP contribution in [0, 0.1) is 5.92 Å². The minimum Gasteiger partial charge on any atom is -0.316 e. The van der Waals surface area contributed by atoms with Crippen LogP contribution in [-0.4, -0.2) is 30.6 Å². The van der Waals surface area contributed by atoms with E-state index in [0.29, 0.717) is 6.04 Å². The molecule has 0 saturated carbocycles. The van der Waals surface area contributed by atoms with Gasteiger partial charge in [0.25, 0.3) is 0 Å². The van der Waals surface area contributed by atoms with Crippen LogP contribution in [0.1, 0.15) is 18.7 Å². The van der Waals surface area contributed by atoms with Crippen LogP contribution in [-0.2, 0) is 6.54 Å². The van der Waals surface area contributed by atoms with E-state index in [9.17, 15) is 0 Å². The maximum atomic E-state index is 3.34. The van der Waals surface area contributed by atoms with Crippen molar-refractivity contribution in [1.29, 1.82) is 0 Å². The van der Waals surface area contributed by atoms with Crippen molar-refractivity contribution < 1.29 is 0 Å². The summed E-state index contributed by atoms with van der Waals surface area (Å²) in [6.07, 6.45) is 0. The van der Waals surface area contributed by atoms with E-state index in [2.05, 4.69) is 41.6 Å². The summed E-state index contributed by atoms with van der Waals surface area (Å²) in [5.74, 6) is 0.868. The second-order valence-corrected chi connectivity index (χ2v) is 5.66. The van der Waals surface area contributed by atoms with Gasteiger partial charge in [0, 0.05) is 37.1 Å². The van der Waals surface area contributed by atoms with Gasteiger partial charge in [0.2, 0.25) is 0 Å². The highest BCUT2D eigenvalue weighted by atomic mass is 32.1. The summed E-state index contributed by atoms with van der Waals surface area (Å²) in [5.41, 5.74) is 0.